The van der Waals surface area contributed by atoms with Crippen LogP contribution in [0.4, 0.5) is 0 Å². The highest BCUT2D eigenvalue weighted by molar-refractivity contribution is 5.83. The molecule has 1 aromatic heterocycles. The van der Waals surface area contributed by atoms with Crippen LogP contribution in [0.1, 0.15) is 37.7 Å². The maximum atomic E-state index is 12.9. The zero-order chi connectivity index (χ0) is 20.9. The van der Waals surface area contributed by atoms with Crippen molar-refractivity contribution in [3.05, 3.63) is 30.1 Å². The van der Waals surface area contributed by atoms with Crippen molar-refractivity contribution in [3.63, 3.8) is 0 Å². The fourth-order valence-corrected chi connectivity index (χ4v) is 5.11. The molecule has 4 rings (SSSR count). The molecule has 0 unspecified atom stereocenters. The van der Waals surface area contributed by atoms with Gasteiger partial charge in [-0.1, -0.05) is 6.07 Å². The summed E-state index contributed by atoms with van der Waals surface area (Å²) in [5.74, 6) is 0.175. The van der Waals surface area contributed by atoms with Crippen LogP contribution in [0.15, 0.2) is 24.5 Å². The lowest BCUT2D eigenvalue weighted by Gasteiger charge is -2.37. The average Bonchev–Trinajstić information content (AvgIpc) is 3.19. The van der Waals surface area contributed by atoms with Crippen LogP contribution < -0.4 is 10.6 Å². The lowest BCUT2D eigenvalue weighted by molar-refractivity contribution is -0.127. The van der Waals surface area contributed by atoms with Gasteiger partial charge in [-0.2, -0.15) is 0 Å². The zero-order valence-corrected chi connectivity index (χ0v) is 17.8. The molecule has 0 aromatic carbocycles. The van der Waals surface area contributed by atoms with E-state index in [0.29, 0.717) is 25.6 Å². The summed E-state index contributed by atoms with van der Waals surface area (Å²) in [6.45, 7) is 3.62. The molecular formula is C22H33N5O3. The van der Waals surface area contributed by atoms with E-state index in [2.05, 4.69) is 32.5 Å². The summed E-state index contributed by atoms with van der Waals surface area (Å²) in [5, 5.41) is 6.12. The molecule has 2 N–H and O–H groups in total. The second-order valence-electron chi connectivity index (χ2n) is 8.62. The first-order chi connectivity index (χ1) is 14.6. The maximum Gasteiger partial charge on any atom is 0.239 e. The Bertz CT molecular complexity index is 725. The predicted octanol–water partition coefficient (Wildman–Crippen LogP) is 0.530. The molecule has 164 valence electrons. The minimum Gasteiger partial charge on any atom is -0.381 e. The van der Waals surface area contributed by atoms with E-state index in [9.17, 15) is 9.59 Å². The van der Waals surface area contributed by atoms with Gasteiger partial charge in [-0.15, -0.1) is 0 Å². The number of likely N-dealkylation sites (tertiary alicyclic amines) is 1. The Balaban J connectivity index is 1.31. The van der Waals surface area contributed by atoms with Gasteiger partial charge in [0.2, 0.25) is 11.8 Å². The Kier molecular flexibility index (Phi) is 6.97. The van der Waals surface area contributed by atoms with Crippen molar-refractivity contribution in [2.75, 3.05) is 33.4 Å². The van der Waals surface area contributed by atoms with E-state index in [1.807, 2.05) is 12.1 Å². The molecule has 0 aliphatic carbocycles. The van der Waals surface area contributed by atoms with Gasteiger partial charge >= 0.3 is 0 Å². The molecule has 3 saturated heterocycles. The molecule has 8 heteroatoms. The predicted molar refractivity (Wildman–Crippen MR) is 113 cm³/mol. The number of aromatic nitrogens is 1. The van der Waals surface area contributed by atoms with Crippen LogP contribution in [0, 0.1) is 0 Å². The Morgan fingerprint density at radius 3 is 2.93 bits per heavy atom. The molecule has 3 aliphatic rings. The van der Waals surface area contributed by atoms with Crippen molar-refractivity contribution in [2.24, 2.45) is 0 Å². The van der Waals surface area contributed by atoms with Gasteiger partial charge in [0.25, 0.3) is 0 Å². The van der Waals surface area contributed by atoms with Crippen LogP contribution in [0.25, 0.3) is 0 Å². The standard InChI is InChI=1S/C22H33N5O3/c1-26-18(4-5-20(28)24-14-16-3-2-9-23-13-16)15-25-22(29)21-19(26)6-10-27(21)17-7-11-30-12-8-17/h2-3,9,13,17-19,21H,4-8,10-12,14-15H2,1H3,(H,24,28)(H,25,29)/t18-,19+,21-/m0/s1. The summed E-state index contributed by atoms with van der Waals surface area (Å²) in [6.07, 6.45) is 7.67. The monoisotopic (exact) mass is 415 g/mol. The van der Waals surface area contributed by atoms with Crippen molar-refractivity contribution >= 4 is 11.8 Å². The van der Waals surface area contributed by atoms with Gasteiger partial charge in [-0.05, 0) is 44.4 Å². The smallest absolute Gasteiger partial charge is 0.239 e. The van der Waals surface area contributed by atoms with Crippen molar-refractivity contribution in [3.8, 4) is 0 Å². The summed E-state index contributed by atoms with van der Waals surface area (Å²) >= 11 is 0. The van der Waals surface area contributed by atoms with Crippen LogP contribution in [0.3, 0.4) is 0 Å². The van der Waals surface area contributed by atoms with Gasteiger partial charge in [0.05, 0.1) is 0 Å². The highest BCUT2D eigenvalue weighted by Crippen LogP contribution is 2.31. The number of hydrogen-bond donors (Lipinski definition) is 2. The quantitative estimate of drug-likeness (QED) is 0.705. The molecule has 0 spiro atoms. The second kappa shape index (κ2) is 9.85. The topological polar surface area (TPSA) is 86.8 Å². The highest BCUT2D eigenvalue weighted by atomic mass is 16.5. The first-order valence-corrected chi connectivity index (χ1v) is 11.1. The molecule has 0 radical (unpaired) electrons. The number of amides is 2. The number of fused-ring (bicyclic) bond motifs is 1. The molecule has 0 saturated carbocycles. The van der Waals surface area contributed by atoms with E-state index < -0.39 is 0 Å². The van der Waals surface area contributed by atoms with Crippen LogP contribution in [0.2, 0.25) is 0 Å². The number of likely N-dealkylation sites (N-methyl/N-ethyl adjacent to an activating group) is 1. The number of hydrogen-bond acceptors (Lipinski definition) is 6. The zero-order valence-electron chi connectivity index (χ0n) is 17.8. The number of ether oxygens (including phenoxy) is 1. The van der Waals surface area contributed by atoms with Gasteiger partial charge in [-0.3, -0.25) is 24.4 Å². The van der Waals surface area contributed by atoms with Gasteiger partial charge in [0.1, 0.15) is 6.04 Å². The molecule has 0 bridgehead atoms. The highest BCUT2D eigenvalue weighted by Gasteiger charge is 2.47. The van der Waals surface area contributed by atoms with Crippen molar-refractivity contribution in [1.82, 2.24) is 25.4 Å². The molecule has 8 nitrogen and oxygen atoms in total. The lowest BCUT2D eigenvalue weighted by atomic mass is 10.0. The fourth-order valence-electron chi connectivity index (χ4n) is 5.11. The largest absolute Gasteiger partial charge is 0.381 e. The number of carbonyl (C=O) groups excluding carboxylic acids is 2. The Labute approximate surface area is 178 Å². The summed E-state index contributed by atoms with van der Waals surface area (Å²) in [4.78, 5) is 34.1. The minimum atomic E-state index is -0.0949. The summed E-state index contributed by atoms with van der Waals surface area (Å²) in [6, 6.07) is 4.53. The molecule has 1 aromatic rings. The molecule has 2 amide bonds. The maximum absolute atomic E-state index is 12.9. The van der Waals surface area contributed by atoms with E-state index in [1.54, 1.807) is 12.4 Å². The van der Waals surface area contributed by atoms with E-state index in [-0.39, 0.29) is 29.9 Å². The lowest BCUT2D eigenvalue weighted by Crippen LogP contribution is -2.53. The third-order valence-electron chi connectivity index (χ3n) is 6.86. The Morgan fingerprint density at radius 1 is 1.33 bits per heavy atom. The molecular weight excluding hydrogens is 382 g/mol. The van der Waals surface area contributed by atoms with Crippen molar-refractivity contribution in [1.29, 1.82) is 0 Å². The third kappa shape index (κ3) is 4.82. The van der Waals surface area contributed by atoms with Crippen molar-refractivity contribution < 1.29 is 14.3 Å². The SMILES string of the molecule is CN1[C@@H](CCC(=O)NCc2cccnc2)CNC(=O)[C@@H]2[C@H]1CCN2C1CCOCC1. The Morgan fingerprint density at radius 2 is 2.17 bits per heavy atom. The van der Waals surface area contributed by atoms with E-state index in [1.165, 1.54) is 0 Å². The second-order valence-corrected chi connectivity index (χ2v) is 8.62. The number of carbonyl (C=O) groups is 2. The summed E-state index contributed by atoms with van der Waals surface area (Å²) in [5.41, 5.74) is 0.992. The molecule has 3 aliphatic heterocycles. The number of rotatable bonds is 6. The van der Waals surface area contributed by atoms with Gasteiger partial charge in [0.15, 0.2) is 0 Å². The summed E-state index contributed by atoms with van der Waals surface area (Å²) in [7, 11) is 2.11. The van der Waals surface area contributed by atoms with Crippen LogP contribution in [-0.2, 0) is 20.9 Å². The van der Waals surface area contributed by atoms with E-state index in [4.69, 9.17) is 4.74 Å². The van der Waals surface area contributed by atoms with Crippen LogP contribution in [-0.4, -0.2) is 84.1 Å². The fraction of sp³-hybridized carbons (Fsp3) is 0.682. The van der Waals surface area contributed by atoms with Crippen LogP contribution in [0.5, 0.6) is 0 Å². The molecule has 30 heavy (non-hydrogen) atoms. The molecule has 3 atom stereocenters. The number of nitrogens with one attached hydrogen (secondary N) is 2. The van der Waals surface area contributed by atoms with Gasteiger partial charge in [-0.25, -0.2) is 0 Å². The summed E-state index contributed by atoms with van der Waals surface area (Å²) < 4.78 is 5.51. The minimum absolute atomic E-state index is 0.0367. The first-order valence-electron chi connectivity index (χ1n) is 11.1. The van der Waals surface area contributed by atoms with Gasteiger partial charge in [0, 0.05) is 69.8 Å². The van der Waals surface area contributed by atoms with E-state index in [0.717, 1.165) is 51.0 Å². The average molecular weight is 416 g/mol. The molecule has 3 fully saturated rings. The van der Waals surface area contributed by atoms with E-state index >= 15 is 0 Å². The van der Waals surface area contributed by atoms with Crippen LogP contribution >= 0.6 is 0 Å². The van der Waals surface area contributed by atoms with Gasteiger partial charge < -0.3 is 15.4 Å². The first kappa shape index (κ1) is 21.2. The number of nitrogens with zero attached hydrogens (tertiary/aromatic N) is 3. The van der Waals surface area contributed by atoms with Crippen molar-refractivity contribution in [2.45, 2.75) is 62.8 Å². The number of pyridine rings is 1. The normalized spacial score (nSPS) is 28.6. The third-order valence-corrected chi connectivity index (χ3v) is 6.86. The molecule has 4 heterocycles. The Hall–Kier alpha value is -2.03.